The maximum atomic E-state index is 5.31. The Kier molecular flexibility index (Phi) is 4.74. The van der Waals surface area contributed by atoms with Crippen molar-refractivity contribution in [2.24, 2.45) is 0 Å². The molecule has 0 aliphatic rings. The average molecular weight is 441 g/mol. The second-order valence-electron chi connectivity index (χ2n) is 4.63. The first kappa shape index (κ1) is 15.9. The topological polar surface area (TPSA) is 82.5 Å². The minimum absolute atomic E-state index is 0.518. The smallest absolute Gasteiger partial charge is 0.237 e. The van der Waals surface area contributed by atoms with Gasteiger partial charge in [-0.2, -0.15) is 4.98 Å². The van der Waals surface area contributed by atoms with Gasteiger partial charge in [-0.3, -0.25) is 0 Å². The van der Waals surface area contributed by atoms with Crippen molar-refractivity contribution >= 4 is 50.4 Å². The van der Waals surface area contributed by atoms with E-state index in [9.17, 15) is 0 Å². The van der Waals surface area contributed by atoms with Crippen LogP contribution in [0, 0.1) is 0 Å². The second kappa shape index (κ2) is 7.13. The summed E-state index contributed by atoms with van der Waals surface area (Å²) >= 11 is 8.13. The molecule has 122 valence electrons. The van der Waals surface area contributed by atoms with Crippen LogP contribution in [0.5, 0.6) is 0 Å². The lowest BCUT2D eigenvalue weighted by Crippen LogP contribution is -2.02. The normalized spacial score (nSPS) is 11.2. The Morgan fingerprint density at radius 2 is 2.29 bits per heavy atom. The first-order valence-corrected chi connectivity index (χ1v) is 10.3. The molecule has 0 aliphatic heterocycles. The number of tetrazole rings is 1. The highest BCUT2D eigenvalue weighted by Gasteiger charge is 2.13. The molecule has 0 unspecified atom stereocenters. The van der Waals surface area contributed by atoms with Crippen molar-refractivity contribution in [3.05, 3.63) is 44.2 Å². The highest BCUT2D eigenvalue weighted by Crippen LogP contribution is 2.28. The molecule has 7 nitrogen and oxygen atoms in total. The van der Waals surface area contributed by atoms with Gasteiger partial charge in [-0.25, -0.2) is 4.68 Å². The minimum Gasteiger partial charge on any atom is -0.338 e. The van der Waals surface area contributed by atoms with Gasteiger partial charge < -0.3 is 4.52 Å². The molecule has 24 heavy (non-hydrogen) atoms. The van der Waals surface area contributed by atoms with E-state index in [1.54, 1.807) is 27.4 Å². The molecular formula is C13H9BrN6OS3. The number of thioether (sulfide) groups is 1. The largest absolute Gasteiger partial charge is 0.338 e. The van der Waals surface area contributed by atoms with E-state index < -0.39 is 0 Å². The third-order valence-electron chi connectivity index (χ3n) is 2.97. The predicted octanol–water partition coefficient (Wildman–Crippen LogP) is 3.95. The predicted molar refractivity (Wildman–Crippen MR) is 96.1 cm³/mol. The fourth-order valence-electron chi connectivity index (χ4n) is 1.92. The van der Waals surface area contributed by atoms with Gasteiger partial charge in [0.05, 0.1) is 17.2 Å². The van der Waals surface area contributed by atoms with E-state index in [4.69, 9.17) is 4.52 Å². The number of nitrogens with zero attached hydrogens (tertiary/aromatic N) is 6. The van der Waals surface area contributed by atoms with Crippen LogP contribution in [0.2, 0.25) is 0 Å². The molecule has 0 atom stereocenters. The van der Waals surface area contributed by atoms with Crippen LogP contribution in [0.15, 0.2) is 43.1 Å². The van der Waals surface area contributed by atoms with Crippen LogP contribution in [0.25, 0.3) is 10.7 Å². The average Bonchev–Trinajstić information content (AvgIpc) is 3.34. The van der Waals surface area contributed by atoms with Crippen molar-refractivity contribution < 1.29 is 4.52 Å². The zero-order chi connectivity index (χ0) is 16.4. The van der Waals surface area contributed by atoms with E-state index in [0.717, 1.165) is 14.5 Å². The van der Waals surface area contributed by atoms with Gasteiger partial charge in [0.1, 0.15) is 0 Å². The number of thiophene rings is 2. The van der Waals surface area contributed by atoms with Crippen LogP contribution in [0.4, 0.5) is 0 Å². The zero-order valence-corrected chi connectivity index (χ0v) is 16.0. The van der Waals surface area contributed by atoms with Crippen LogP contribution in [0.3, 0.4) is 0 Å². The molecule has 0 N–H and O–H groups in total. The van der Waals surface area contributed by atoms with E-state index in [0.29, 0.717) is 24.0 Å². The second-order valence-corrected chi connectivity index (χ2v) is 8.43. The summed E-state index contributed by atoms with van der Waals surface area (Å²) in [5.74, 6) is 1.66. The summed E-state index contributed by atoms with van der Waals surface area (Å²) in [5, 5.41) is 20.6. The number of hydrogen-bond donors (Lipinski definition) is 0. The maximum absolute atomic E-state index is 5.31. The summed E-state index contributed by atoms with van der Waals surface area (Å²) in [6.45, 7) is 0.658. The monoisotopic (exact) mass is 440 g/mol. The third kappa shape index (κ3) is 3.58. The zero-order valence-electron chi connectivity index (χ0n) is 12.0. The van der Waals surface area contributed by atoms with E-state index in [2.05, 4.69) is 47.7 Å². The summed E-state index contributed by atoms with van der Waals surface area (Å²) in [6, 6.07) is 6.04. The molecule has 4 aromatic heterocycles. The summed E-state index contributed by atoms with van der Waals surface area (Å²) in [5.41, 5.74) is 0. The lowest BCUT2D eigenvalue weighted by Gasteiger charge is -2.00. The molecule has 0 spiro atoms. The fraction of sp³-hybridized carbons (Fsp3) is 0.154. The molecule has 4 rings (SSSR count). The first-order chi connectivity index (χ1) is 11.8. The molecule has 0 radical (unpaired) electrons. The SMILES string of the molecule is Brc1csc(-c2noc(CSc3nnnn3Cc3cccs3)n2)c1. The van der Waals surface area contributed by atoms with Gasteiger partial charge in [0.15, 0.2) is 0 Å². The molecule has 0 aliphatic carbocycles. The van der Waals surface area contributed by atoms with Gasteiger partial charge in [0.25, 0.3) is 0 Å². The molecular weight excluding hydrogens is 432 g/mol. The Hall–Kier alpha value is -1.56. The van der Waals surface area contributed by atoms with Crippen molar-refractivity contribution in [3.63, 3.8) is 0 Å². The van der Waals surface area contributed by atoms with Crippen molar-refractivity contribution in [2.45, 2.75) is 17.5 Å². The summed E-state index contributed by atoms with van der Waals surface area (Å²) in [6.07, 6.45) is 0. The lowest BCUT2D eigenvalue weighted by atomic mass is 10.4. The first-order valence-electron chi connectivity index (χ1n) is 6.76. The van der Waals surface area contributed by atoms with Gasteiger partial charge in [-0.05, 0) is 43.9 Å². The third-order valence-corrected chi connectivity index (χ3v) is 6.46. The van der Waals surface area contributed by atoms with Crippen LogP contribution in [-0.4, -0.2) is 30.3 Å². The highest BCUT2D eigenvalue weighted by atomic mass is 79.9. The Morgan fingerprint density at radius 3 is 3.08 bits per heavy atom. The fourth-order valence-corrected chi connectivity index (χ4v) is 4.67. The molecule has 0 amide bonds. The molecule has 0 fully saturated rings. The number of rotatable bonds is 6. The van der Waals surface area contributed by atoms with Gasteiger partial charge in [-0.15, -0.1) is 27.8 Å². The minimum atomic E-state index is 0.518. The Morgan fingerprint density at radius 1 is 1.33 bits per heavy atom. The van der Waals surface area contributed by atoms with Crippen LogP contribution in [-0.2, 0) is 12.3 Å². The quantitative estimate of drug-likeness (QED) is 0.419. The molecule has 0 saturated carbocycles. The highest BCUT2D eigenvalue weighted by molar-refractivity contribution is 9.10. The van der Waals surface area contributed by atoms with Gasteiger partial charge in [0.2, 0.25) is 16.9 Å². The van der Waals surface area contributed by atoms with Gasteiger partial charge in [0, 0.05) is 14.7 Å². The molecule has 0 saturated heterocycles. The number of halogens is 1. The van der Waals surface area contributed by atoms with E-state index in [1.807, 2.05) is 22.9 Å². The molecule has 11 heteroatoms. The molecule has 0 bridgehead atoms. The summed E-state index contributed by atoms with van der Waals surface area (Å²) < 4.78 is 8.08. The standard InChI is InChI=1S/C13H9BrN6OS3/c14-8-4-10(23-6-8)12-15-11(21-17-12)7-24-13-16-18-19-20(13)5-9-2-1-3-22-9/h1-4,6H,5,7H2. The molecule has 4 heterocycles. The van der Waals surface area contributed by atoms with Crippen molar-refractivity contribution in [1.29, 1.82) is 0 Å². The lowest BCUT2D eigenvalue weighted by molar-refractivity contribution is 0.391. The van der Waals surface area contributed by atoms with Crippen LogP contribution >= 0.6 is 50.4 Å². The Bertz CT molecular complexity index is 931. The van der Waals surface area contributed by atoms with E-state index in [-0.39, 0.29) is 0 Å². The summed E-state index contributed by atoms with van der Waals surface area (Å²) in [4.78, 5) is 6.58. The molecule has 0 aromatic carbocycles. The van der Waals surface area contributed by atoms with Crippen molar-refractivity contribution in [1.82, 2.24) is 30.3 Å². The van der Waals surface area contributed by atoms with Crippen molar-refractivity contribution in [2.75, 3.05) is 0 Å². The van der Waals surface area contributed by atoms with Crippen LogP contribution in [0.1, 0.15) is 10.8 Å². The van der Waals surface area contributed by atoms with E-state index >= 15 is 0 Å². The van der Waals surface area contributed by atoms with Crippen molar-refractivity contribution in [3.8, 4) is 10.7 Å². The maximum Gasteiger partial charge on any atom is 0.237 e. The molecule has 4 aromatic rings. The number of aromatic nitrogens is 6. The Balaban J connectivity index is 1.42. The summed E-state index contributed by atoms with van der Waals surface area (Å²) in [7, 11) is 0. The number of hydrogen-bond acceptors (Lipinski definition) is 9. The van der Waals surface area contributed by atoms with Crippen LogP contribution < -0.4 is 0 Å². The van der Waals surface area contributed by atoms with Gasteiger partial charge >= 0.3 is 0 Å². The Labute approximate surface area is 157 Å². The van der Waals surface area contributed by atoms with Gasteiger partial charge in [-0.1, -0.05) is 23.0 Å². The van der Waals surface area contributed by atoms with E-state index in [1.165, 1.54) is 16.6 Å².